The van der Waals surface area contributed by atoms with Crippen LogP contribution in [0.15, 0.2) is 30.3 Å². The van der Waals surface area contributed by atoms with E-state index in [1.165, 1.54) is 18.2 Å². The number of benzene rings is 1. The van der Waals surface area contributed by atoms with Gasteiger partial charge in [0.15, 0.2) is 0 Å². The summed E-state index contributed by atoms with van der Waals surface area (Å²) in [4.78, 5) is 4.26. The highest BCUT2D eigenvalue weighted by molar-refractivity contribution is 5.62. The molecule has 1 aromatic heterocycles. The fourth-order valence-electron chi connectivity index (χ4n) is 2.45. The number of hydrogen-bond donors (Lipinski definition) is 2. The Balaban J connectivity index is 2.28. The molecule has 2 N–H and O–H groups in total. The molecule has 0 aliphatic rings. The van der Waals surface area contributed by atoms with E-state index in [1.54, 1.807) is 12.1 Å². The summed E-state index contributed by atoms with van der Waals surface area (Å²) < 4.78 is 33.6. The summed E-state index contributed by atoms with van der Waals surface area (Å²) in [5.41, 5.74) is 0.773. The van der Waals surface area contributed by atoms with Gasteiger partial charge in [-0.3, -0.25) is 0 Å². The zero-order valence-electron chi connectivity index (χ0n) is 14.7. The number of hydrogen-bond acceptors (Lipinski definition) is 4. The number of nitrogens with zero attached hydrogens (tertiary/aromatic N) is 1. The summed E-state index contributed by atoms with van der Waals surface area (Å²) in [5.74, 6) is -0.198. The lowest BCUT2D eigenvalue weighted by molar-refractivity contribution is 0.209. The van der Waals surface area contributed by atoms with Crippen LogP contribution in [0.5, 0.6) is 5.75 Å². The summed E-state index contributed by atoms with van der Waals surface area (Å²) in [6.07, 6.45) is 0. The van der Waals surface area contributed by atoms with Crippen LogP contribution in [0.4, 0.5) is 8.78 Å². The minimum absolute atomic E-state index is 0.0516. The van der Waals surface area contributed by atoms with Crippen LogP contribution in [0.1, 0.15) is 26.5 Å². The third kappa shape index (κ3) is 4.96. The molecule has 1 aromatic carbocycles. The molecule has 6 heteroatoms. The fourth-order valence-corrected chi connectivity index (χ4v) is 2.45. The summed E-state index contributed by atoms with van der Waals surface area (Å²) >= 11 is 0. The third-order valence-corrected chi connectivity index (χ3v) is 3.98. The average molecular weight is 350 g/mol. The Kier molecular flexibility index (Phi) is 6.84. The number of pyridine rings is 1. The van der Waals surface area contributed by atoms with Crippen molar-refractivity contribution >= 4 is 0 Å². The molecular weight excluding hydrogens is 326 g/mol. The van der Waals surface area contributed by atoms with E-state index in [0.717, 1.165) is 0 Å². The molecule has 0 bridgehead atoms. The quantitative estimate of drug-likeness (QED) is 0.765. The van der Waals surface area contributed by atoms with E-state index in [-0.39, 0.29) is 36.4 Å². The second-order valence-electron chi connectivity index (χ2n) is 6.11. The number of nitrogens with one attached hydrogen (secondary N) is 1. The molecule has 4 nitrogen and oxygen atoms in total. The van der Waals surface area contributed by atoms with Gasteiger partial charge in [0, 0.05) is 18.2 Å². The van der Waals surface area contributed by atoms with E-state index in [0.29, 0.717) is 18.1 Å². The Bertz CT molecular complexity index is 708. The first-order valence-corrected chi connectivity index (χ1v) is 8.38. The van der Waals surface area contributed by atoms with Gasteiger partial charge in [0.25, 0.3) is 0 Å². The molecule has 0 radical (unpaired) electrons. The van der Waals surface area contributed by atoms with Gasteiger partial charge in [-0.1, -0.05) is 13.8 Å². The number of rotatable bonds is 8. The maximum absolute atomic E-state index is 14.2. The molecule has 136 valence electrons. The molecule has 0 aliphatic carbocycles. The first-order valence-electron chi connectivity index (χ1n) is 8.38. The molecule has 2 aromatic rings. The first-order chi connectivity index (χ1) is 12.0. The van der Waals surface area contributed by atoms with Crippen LogP contribution < -0.4 is 10.1 Å². The monoisotopic (exact) mass is 350 g/mol. The highest BCUT2D eigenvalue weighted by atomic mass is 19.1. The zero-order chi connectivity index (χ0) is 18.4. The van der Waals surface area contributed by atoms with Crippen LogP contribution >= 0.6 is 0 Å². The molecule has 25 heavy (non-hydrogen) atoms. The molecule has 0 spiro atoms. The topological polar surface area (TPSA) is 54.4 Å². The Labute approximate surface area is 146 Å². The number of ether oxygens (including phenoxy) is 1. The van der Waals surface area contributed by atoms with Gasteiger partial charge in [-0.25, -0.2) is 13.8 Å². The Morgan fingerprint density at radius 1 is 1.16 bits per heavy atom. The van der Waals surface area contributed by atoms with Gasteiger partial charge in [-0.2, -0.15) is 0 Å². The van der Waals surface area contributed by atoms with Gasteiger partial charge in [0.2, 0.25) is 0 Å². The lowest BCUT2D eigenvalue weighted by Gasteiger charge is -2.20. The van der Waals surface area contributed by atoms with Crippen molar-refractivity contribution in [2.45, 2.75) is 33.4 Å². The van der Waals surface area contributed by atoms with Crippen LogP contribution in [-0.2, 0) is 6.54 Å². The SMILES string of the molecule is CCOc1ccc(F)c(-c2ccc(F)c(CN[C@@H](CO)C(C)C)n2)c1. The molecule has 0 fully saturated rings. The highest BCUT2D eigenvalue weighted by Crippen LogP contribution is 2.26. The molecule has 0 saturated heterocycles. The van der Waals surface area contributed by atoms with Gasteiger partial charge in [0.05, 0.1) is 24.6 Å². The summed E-state index contributed by atoms with van der Waals surface area (Å²) in [6, 6.07) is 6.96. The van der Waals surface area contributed by atoms with E-state index in [1.807, 2.05) is 20.8 Å². The lowest BCUT2D eigenvalue weighted by Crippen LogP contribution is -2.37. The van der Waals surface area contributed by atoms with Crippen molar-refractivity contribution < 1.29 is 18.6 Å². The van der Waals surface area contributed by atoms with E-state index in [2.05, 4.69) is 10.3 Å². The van der Waals surface area contributed by atoms with Crippen molar-refractivity contribution in [3.05, 3.63) is 47.7 Å². The third-order valence-electron chi connectivity index (χ3n) is 3.98. The van der Waals surface area contributed by atoms with Crippen molar-refractivity contribution in [2.75, 3.05) is 13.2 Å². The van der Waals surface area contributed by atoms with Crippen molar-refractivity contribution in [1.82, 2.24) is 10.3 Å². The molecule has 0 saturated carbocycles. The van der Waals surface area contributed by atoms with E-state index in [4.69, 9.17) is 4.74 Å². The standard InChI is InChI=1S/C19H24F2N2O2/c1-4-25-13-5-6-15(20)14(9-13)17-8-7-16(21)18(23-17)10-22-19(11-24)12(2)3/h5-9,12,19,22,24H,4,10-11H2,1-3H3/t19-/m0/s1. The lowest BCUT2D eigenvalue weighted by atomic mass is 10.1. The second kappa shape index (κ2) is 8.87. The molecule has 0 amide bonds. The smallest absolute Gasteiger partial charge is 0.146 e. The highest BCUT2D eigenvalue weighted by Gasteiger charge is 2.15. The minimum atomic E-state index is -0.474. The van der Waals surface area contributed by atoms with Crippen molar-refractivity contribution in [2.24, 2.45) is 5.92 Å². The van der Waals surface area contributed by atoms with E-state index < -0.39 is 11.6 Å². The van der Waals surface area contributed by atoms with Crippen LogP contribution in [0, 0.1) is 17.6 Å². The van der Waals surface area contributed by atoms with Gasteiger partial charge < -0.3 is 15.2 Å². The molecule has 0 aliphatic heterocycles. The largest absolute Gasteiger partial charge is 0.494 e. The van der Waals surface area contributed by atoms with Gasteiger partial charge in [0.1, 0.15) is 17.4 Å². The van der Waals surface area contributed by atoms with Crippen LogP contribution in [0.25, 0.3) is 11.3 Å². The van der Waals surface area contributed by atoms with E-state index in [9.17, 15) is 13.9 Å². The molecule has 0 unspecified atom stereocenters. The summed E-state index contributed by atoms with van der Waals surface area (Å²) in [7, 11) is 0. The zero-order valence-corrected chi connectivity index (χ0v) is 14.7. The molecule has 1 heterocycles. The number of aliphatic hydroxyl groups excluding tert-OH is 1. The van der Waals surface area contributed by atoms with Crippen LogP contribution in [0.2, 0.25) is 0 Å². The van der Waals surface area contributed by atoms with E-state index >= 15 is 0 Å². The van der Waals surface area contributed by atoms with Gasteiger partial charge >= 0.3 is 0 Å². The van der Waals surface area contributed by atoms with Crippen LogP contribution in [0.3, 0.4) is 0 Å². The fraction of sp³-hybridized carbons (Fsp3) is 0.421. The molecule has 1 atom stereocenters. The molecular formula is C19H24F2N2O2. The number of aliphatic hydroxyl groups is 1. The second-order valence-corrected chi connectivity index (χ2v) is 6.11. The van der Waals surface area contributed by atoms with Crippen LogP contribution in [-0.4, -0.2) is 29.3 Å². The number of halogens is 2. The van der Waals surface area contributed by atoms with Crippen molar-refractivity contribution in [3.8, 4) is 17.0 Å². The van der Waals surface area contributed by atoms with Gasteiger partial charge in [-0.05, 0) is 43.2 Å². The van der Waals surface area contributed by atoms with Gasteiger partial charge in [-0.15, -0.1) is 0 Å². The average Bonchev–Trinajstić information content (AvgIpc) is 2.58. The Morgan fingerprint density at radius 2 is 1.88 bits per heavy atom. The first kappa shape index (κ1) is 19.3. The van der Waals surface area contributed by atoms with Crippen molar-refractivity contribution in [1.29, 1.82) is 0 Å². The predicted octanol–water partition coefficient (Wildman–Crippen LogP) is 3.53. The maximum atomic E-state index is 14.2. The van der Waals surface area contributed by atoms with Crippen molar-refractivity contribution in [3.63, 3.8) is 0 Å². The predicted molar refractivity (Wildman–Crippen MR) is 93.3 cm³/mol. The minimum Gasteiger partial charge on any atom is -0.494 e. The molecule has 2 rings (SSSR count). The summed E-state index contributed by atoms with van der Waals surface area (Å²) in [5, 5.41) is 12.4. The number of aromatic nitrogens is 1. The summed E-state index contributed by atoms with van der Waals surface area (Å²) in [6.45, 7) is 6.33. The maximum Gasteiger partial charge on any atom is 0.146 e. The Morgan fingerprint density at radius 3 is 2.52 bits per heavy atom. The normalized spacial score (nSPS) is 12.4. The Hall–Kier alpha value is -2.05.